The molecule has 0 radical (unpaired) electrons. The number of carboxylic acids is 1. The standard InChI is InChI=1S/C12H16N4O4/c1-8-13-3-2-9(15-8)6-14-12(19)16-4-5-20-7-10(16)11(17)18/h2-3,10H,4-7H2,1H3,(H,14,19)(H,17,18). The number of urea groups is 1. The molecule has 0 aromatic carbocycles. The number of aliphatic carboxylic acids is 1. The van der Waals surface area contributed by atoms with Gasteiger partial charge in [0.05, 0.1) is 25.5 Å². The second-order valence-corrected chi connectivity index (χ2v) is 4.38. The summed E-state index contributed by atoms with van der Waals surface area (Å²) >= 11 is 0. The highest BCUT2D eigenvalue weighted by molar-refractivity contribution is 5.82. The van der Waals surface area contributed by atoms with Crippen molar-refractivity contribution in [3.63, 3.8) is 0 Å². The van der Waals surface area contributed by atoms with Crippen molar-refractivity contribution in [1.29, 1.82) is 0 Å². The van der Waals surface area contributed by atoms with E-state index in [-0.39, 0.29) is 19.7 Å². The number of hydrogen-bond acceptors (Lipinski definition) is 5. The zero-order chi connectivity index (χ0) is 14.5. The molecule has 2 amide bonds. The maximum absolute atomic E-state index is 12.0. The summed E-state index contributed by atoms with van der Waals surface area (Å²) in [5.74, 6) is -0.454. The summed E-state index contributed by atoms with van der Waals surface area (Å²) in [6, 6.07) is 0.314. The highest BCUT2D eigenvalue weighted by Gasteiger charge is 2.32. The molecule has 2 rings (SSSR count). The van der Waals surface area contributed by atoms with Gasteiger partial charge in [-0.25, -0.2) is 19.6 Å². The van der Waals surface area contributed by atoms with Gasteiger partial charge in [-0.1, -0.05) is 0 Å². The maximum atomic E-state index is 12.0. The number of rotatable bonds is 3. The van der Waals surface area contributed by atoms with Crippen molar-refractivity contribution < 1.29 is 19.4 Å². The van der Waals surface area contributed by atoms with Gasteiger partial charge in [-0.3, -0.25) is 0 Å². The summed E-state index contributed by atoms with van der Waals surface area (Å²) in [4.78, 5) is 32.5. The maximum Gasteiger partial charge on any atom is 0.328 e. The van der Waals surface area contributed by atoms with Crippen LogP contribution in [0.5, 0.6) is 0 Å². The van der Waals surface area contributed by atoms with Gasteiger partial charge in [0, 0.05) is 12.7 Å². The molecule has 1 fully saturated rings. The highest BCUT2D eigenvalue weighted by atomic mass is 16.5. The molecule has 8 heteroatoms. The number of aryl methyl sites for hydroxylation is 1. The number of morpholine rings is 1. The molecular weight excluding hydrogens is 264 g/mol. The predicted octanol–water partition coefficient (Wildman–Crippen LogP) is -0.220. The van der Waals surface area contributed by atoms with E-state index >= 15 is 0 Å². The van der Waals surface area contributed by atoms with Crippen molar-refractivity contribution in [2.24, 2.45) is 0 Å². The third-order valence-electron chi connectivity index (χ3n) is 2.93. The molecule has 1 aliphatic rings. The van der Waals surface area contributed by atoms with Crippen LogP contribution >= 0.6 is 0 Å². The molecule has 0 saturated carbocycles. The number of nitrogens with zero attached hydrogens (tertiary/aromatic N) is 3. The van der Waals surface area contributed by atoms with E-state index in [0.29, 0.717) is 18.1 Å². The molecule has 1 aromatic heterocycles. The molecule has 8 nitrogen and oxygen atoms in total. The van der Waals surface area contributed by atoms with Crippen molar-refractivity contribution in [2.45, 2.75) is 19.5 Å². The first-order chi connectivity index (χ1) is 9.58. The summed E-state index contributed by atoms with van der Waals surface area (Å²) in [6.07, 6.45) is 1.61. The van der Waals surface area contributed by atoms with Crippen LogP contribution in [0.15, 0.2) is 12.3 Å². The Morgan fingerprint density at radius 3 is 3.10 bits per heavy atom. The molecule has 0 spiro atoms. The first-order valence-corrected chi connectivity index (χ1v) is 6.21. The van der Waals surface area contributed by atoms with Gasteiger partial charge in [0.1, 0.15) is 5.82 Å². The minimum atomic E-state index is -1.07. The minimum Gasteiger partial charge on any atom is -0.480 e. The topological polar surface area (TPSA) is 105 Å². The average Bonchev–Trinajstić information content (AvgIpc) is 2.45. The number of carbonyl (C=O) groups is 2. The number of aromatic nitrogens is 2. The second-order valence-electron chi connectivity index (χ2n) is 4.38. The van der Waals surface area contributed by atoms with Gasteiger partial charge in [0.25, 0.3) is 0 Å². The third-order valence-corrected chi connectivity index (χ3v) is 2.93. The van der Waals surface area contributed by atoms with Crippen molar-refractivity contribution in [2.75, 3.05) is 19.8 Å². The monoisotopic (exact) mass is 280 g/mol. The van der Waals surface area contributed by atoms with Gasteiger partial charge in [-0.15, -0.1) is 0 Å². The fourth-order valence-electron chi connectivity index (χ4n) is 1.92. The molecule has 1 saturated heterocycles. The Bertz CT molecular complexity index is 508. The van der Waals surface area contributed by atoms with Gasteiger partial charge in [-0.2, -0.15) is 0 Å². The third kappa shape index (κ3) is 3.41. The van der Waals surface area contributed by atoms with Gasteiger partial charge >= 0.3 is 12.0 Å². The highest BCUT2D eigenvalue weighted by Crippen LogP contribution is 2.07. The number of carboxylic acid groups (broad SMARTS) is 1. The Morgan fingerprint density at radius 2 is 2.40 bits per heavy atom. The van der Waals surface area contributed by atoms with Crippen molar-refractivity contribution in [1.82, 2.24) is 20.2 Å². The summed E-state index contributed by atoms with van der Waals surface area (Å²) in [5.41, 5.74) is 0.672. The predicted molar refractivity (Wildman–Crippen MR) is 68.0 cm³/mol. The lowest BCUT2D eigenvalue weighted by Gasteiger charge is -2.32. The fraction of sp³-hybridized carbons (Fsp3) is 0.500. The summed E-state index contributed by atoms with van der Waals surface area (Å²) in [7, 11) is 0. The van der Waals surface area contributed by atoms with Crippen LogP contribution in [0.4, 0.5) is 4.79 Å². The molecule has 1 atom stereocenters. The molecule has 20 heavy (non-hydrogen) atoms. The average molecular weight is 280 g/mol. The fourth-order valence-corrected chi connectivity index (χ4v) is 1.92. The van der Waals surface area contributed by atoms with Crippen molar-refractivity contribution in [3.05, 3.63) is 23.8 Å². The Labute approximate surface area is 115 Å². The molecule has 2 heterocycles. The van der Waals surface area contributed by atoms with Gasteiger partial charge < -0.3 is 20.1 Å². The van der Waals surface area contributed by atoms with Crippen LogP contribution in [0.25, 0.3) is 0 Å². The summed E-state index contributed by atoms with van der Waals surface area (Å²) < 4.78 is 5.08. The lowest BCUT2D eigenvalue weighted by atomic mass is 10.2. The van der Waals surface area contributed by atoms with Crippen LogP contribution < -0.4 is 5.32 Å². The van der Waals surface area contributed by atoms with E-state index in [1.807, 2.05) is 0 Å². The van der Waals surface area contributed by atoms with Gasteiger partial charge in [0.15, 0.2) is 6.04 Å². The zero-order valence-corrected chi connectivity index (χ0v) is 11.1. The Hall–Kier alpha value is -2.22. The van der Waals surface area contributed by atoms with Crippen LogP contribution in [0.1, 0.15) is 11.5 Å². The van der Waals surface area contributed by atoms with E-state index in [2.05, 4.69) is 15.3 Å². The molecule has 2 N–H and O–H groups in total. The molecular formula is C12H16N4O4. The van der Waals surface area contributed by atoms with E-state index < -0.39 is 18.0 Å². The normalized spacial score (nSPS) is 18.6. The van der Waals surface area contributed by atoms with Gasteiger partial charge in [0.2, 0.25) is 0 Å². The molecule has 1 aromatic rings. The van der Waals surface area contributed by atoms with Crippen LogP contribution in [0, 0.1) is 6.92 Å². The van der Waals surface area contributed by atoms with Crippen molar-refractivity contribution >= 4 is 12.0 Å². The molecule has 0 bridgehead atoms. The van der Waals surface area contributed by atoms with E-state index in [0.717, 1.165) is 0 Å². The Morgan fingerprint density at radius 1 is 1.60 bits per heavy atom. The van der Waals surface area contributed by atoms with E-state index in [9.17, 15) is 9.59 Å². The lowest BCUT2D eigenvalue weighted by molar-refractivity contribution is -0.147. The number of ether oxygens (including phenoxy) is 1. The SMILES string of the molecule is Cc1nccc(CNC(=O)N2CCOCC2C(=O)O)n1. The van der Waals surface area contributed by atoms with Crippen molar-refractivity contribution in [3.8, 4) is 0 Å². The number of nitrogens with one attached hydrogen (secondary N) is 1. The molecule has 108 valence electrons. The van der Waals surface area contributed by atoms with E-state index in [4.69, 9.17) is 9.84 Å². The van der Waals surface area contributed by atoms with E-state index in [1.54, 1.807) is 19.2 Å². The zero-order valence-electron chi connectivity index (χ0n) is 11.1. The van der Waals surface area contributed by atoms with Crippen LogP contribution in [-0.4, -0.2) is 57.8 Å². The molecule has 1 aliphatic heterocycles. The Kier molecular flexibility index (Phi) is 4.46. The quantitative estimate of drug-likeness (QED) is 0.793. The van der Waals surface area contributed by atoms with Crippen LogP contribution in [0.2, 0.25) is 0 Å². The lowest BCUT2D eigenvalue weighted by Crippen LogP contribution is -2.55. The number of hydrogen-bond donors (Lipinski definition) is 2. The summed E-state index contributed by atoms with van der Waals surface area (Å²) in [6.45, 7) is 2.59. The number of amides is 2. The minimum absolute atomic E-state index is 0.00929. The van der Waals surface area contributed by atoms with Gasteiger partial charge in [-0.05, 0) is 13.0 Å². The van der Waals surface area contributed by atoms with Crippen LogP contribution in [-0.2, 0) is 16.1 Å². The summed E-state index contributed by atoms with van der Waals surface area (Å²) in [5, 5.41) is 11.7. The second kappa shape index (κ2) is 6.29. The molecule has 0 aliphatic carbocycles. The largest absolute Gasteiger partial charge is 0.480 e. The smallest absolute Gasteiger partial charge is 0.328 e. The Balaban J connectivity index is 1.95. The first-order valence-electron chi connectivity index (χ1n) is 6.21. The molecule has 1 unspecified atom stereocenters. The van der Waals surface area contributed by atoms with E-state index in [1.165, 1.54) is 4.90 Å². The van der Waals surface area contributed by atoms with Crippen LogP contribution in [0.3, 0.4) is 0 Å². The first kappa shape index (κ1) is 14.2. The number of carbonyl (C=O) groups excluding carboxylic acids is 1.